The molecular weight excluding hydrogens is 253 g/mol. The molecular formula is C16H20FN3. The van der Waals surface area contributed by atoms with Crippen molar-refractivity contribution >= 4 is 0 Å². The second-order valence-electron chi connectivity index (χ2n) is 5.47. The highest BCUT2D eigenvalue weighted by molar-refractivity contribution is 5.39. The lowest BCUT2D eigenvalue weighted by Crippen LogP contribution is -2.27. The number of benzene rings is 1. The normalized spacial score (nSPS) is 16.6. The summed E-state index contributed by atoms with van der Waals surface area (Å²) in [6.45, 7) is 6.17. The fraction of sp³-hybridized carbons (Fsp3) is 0.438. The first kappa shape index (κ1) is 13.3. The molecule has 0 atom stereocenters. The highest BCUT2D eigenvalue weighted by atomic mass is 19.1. The minimum absolute atomic E-state index is 0.227. The van der Waals surface area contributed by atoms with Crippen LogP contribution in [-0.2, 0) is 0 Å². The number of piperidine rings is 1. The van der Waals surface area contributed by atoms with Crippen molar-refractivity contribution in [3.8, 4) is 5.69 Å². The first-order chi connectivity index (χ1) is 9.68. The molecule has 1 N–H and O–H groups in total. The van der Waals surface area contributed by atoms with Gasteiger partial charge in [-0.1, -0.05) is 12.1 Å². The highest BCUT2D eigenvalue weighted by Gasteiger charge is 2.23. The van der Waals surface area contributed by atoms with Crippen LogP contribution >= 0.6 is 0 Å². The van der Waals surface area contributed by atoms with Gasteiger partial charge in [0.25, 0.3) is 0 Å². The van der Waals surface area contributed by atoms with Gasteiger partial charge in [-0.3, -0.25) is 0 Å². The molecule has 0 unspecified atom stereocenters. The van der Waals surface area contributed by atoms with E-state index in [1.54, 1.807) is 16.8 Å². The molecule has 0 amide bonds. The quantitative estimate of drug-likeness (QED) is 0.911. The number of halogens is 1. The van der Waals surface area contributed by atoms with E-state index in [1.807, 2.05) is 19.9 Å². The van der Waals surface area contributed by atoms with E-state index in [1.165, 1.54) is 11.6 Å². The summed E-state index contributed by atoms with van der Waals surface area (Å²) in [5.41, 5.74) is 3.93. The van der Waals surface area contributed by atoms with E-state index in [-0.39, 0.29) is 5.82 Å². The molecule has 1 aliphatic rings. The fourth-order valence-corrected chi connectivity index (χ4v) is 3.21. The van der Waals surface area contributed by atoms with Crippen LogP contribution in [0, 0.1) is 19.7 Å². The Morgan fingerprint density at radius 3 is 2.60 bits per heavy atom. The van der Waals surface area contributed by atoms with Crippen LogP contribution in [0.4, 0.5) is 4.39 Å². The number of aromatic nitrogens is 2. The Balaban J connectivity index is 2.04. The van der Waals surface area contributed by atoms with Crippen LogP contribution in [0.25, 0.3) is 5.69 Å². The number of rotatable bonds is 2. The molecule has 1 aliphatic heterocycles. The molecule has 1 aromatic heterocycles. The lowest BCUT2D eigenvalue weighted by Gasteiger charge is -2.23. The predicted molar refractivity (Wildman–Crippen MR) is 77.8 cm³/mol. The average molecular weight is 273 g/mol. The molecule has 20 heavy (non-hydrogen) atoms. The van der Waals surface area contributed by atoms with Crippen molar-refractivity contribution < 1.29 is 4.39 Å². The van der Waals surface area contributed by atoms with E-state index in [0.29, 0.717) is 11.6 Å². The van der Waals surface area contributed by atoms with Crippen LogP contribution in [-0.4, -0.2) is 22.9 Å². The maximum atomic E-state index is 14.0. The second-order valence-corrected chi connectivity index (χ2v) is 5.47. The van der Waals surface area contributed by atoms with Crippen molar-refractivity contribution in [2.75, 3.05) is 13.1 Å². The van der Waals surface area contributed by atoms with E-state index in [9.17, 15) is 4.39 Å². The van der Waals surface area contributed by atoms with E-state index in [4.69, 9.17) is 0 Å². The minimum atomic E-state index is -0.227. The molecule has 1 saturated heterocycles. The Kier molecular flexibility index (Phi) is 3.57. The standard InChI is InChI=1S/C16H20FN3/c1-11-16(13-7-9-18-10-8-13)12(2)20(19-11)15-6-4-3-5-14(15)17/h3-6,13,18H,7-10H2,1-2H3. The molecule has 2 aromatic rings. The van der Waals surface area contributed by atoms with Crippen LogP contribution in [0.15, 0.2) is 24.3 Å². The lowest BCUT2D eigenvalue weighted by molar-refractivity contribution is 0.457. The Bertz CT molecular complexity index is 612. The van der Waals surface area contributed by atoms with Gasteiger partial charge in [-0.25, -0.2) is 9.07 Å². The number of para-hydroxylation sites is 1. The number of hydrogen-bond donors (Lipinski definition) is 1. The minimum Gasteiger partial charge on any atom is -0.317 e. The molecule has 106 valence electrons. The Morgan fingerprint density at radius 1 is 1.20 bits per heavy atom. The average Bonchev–Trinajstić information content (AvgIpc) is 2.75. The maximum absolute atomic E-state index is 14.0. The van der Waals surface area contributed by atoms with Crippen LogP contribution in [0.2, 0.25) is 0 Å². The van der Waals surface area contributed by atoms with Crippen molar-refractivity contribution in [2.45, 2.75) is 32.6 Å². The Labute approximate surface area is 118 Å². The summed E-state index contributed by atoms with van der Waals surface area (Å²) in [7, 11) is 0. The van der Waals surface area contributed by atoms with E-state index in [2.05, 4.69) is 10.4 Å². The van der Waals surface area contributed by atoms with Crippen LogP contribution < -0.4 is 5.32 Å². The summed E-state index contributed by atoms with van der Waals surface area (Å²) >= 11 is 0. The van der Waals surface area contributed by atoms with Gasteiger partial charge < -0.3 is 5.32 Å². The van der Waals surface area contributed by atoms with Gasteiger partial charge in [0.1, 0.15) is 11.5 Å². The number of aryl methyl sites for hydroxylation is 1. The molecule has 3 nitrogen and oxygen atoms in total. The molecule has 0 spiro atoms. The third kappa shape index (κ3) is 2.24. The monoisotopic (exact) mass is 273 g/mol. The summed E-state index contributed by atoms with van der Waals surface area (Å²) < 4.78 is 15.7. The van der Waals surface area contributed by atoms with E-state index in [0.717, 1.165) is 37.3 Å². The summed E-state index contributed by atoms with van der Waals surface area (Å²) in [5.74, 6) is 0.312. The van der Waals surface area contributed by atoms with Crippen LogP contribution in [0.3, 0.4) is 0 Å². The molecule has 0 radical (unpaired) electrons. The molecule has 0 bridgehead atoms. The van der Waals surface area contributed by atoms with Crippen molar-refractivity contribution in [1.82, 2.24) is 15.1 Å². The molecule has 4 heteroatoms. The summed E-state index contributed by atoms with van der Waals surface area (Å²) in [5, 5.41) is 7.96. The van der Waals surface area contributed by atoms with Crippen molar-refractivity contribution in [1.29, 1.82) is 0 Å². The first-order valence-corrected chi connectivity index (χ1v) is 7.20. The Morgan fingerprint density at radius 2 is 1.90 bits per heavy atom. The smallest absolute Gasteiger partial charge is 0.148 e. The molecule has 1 fully saturated rings. The van der Waals surface area contributed by atoms with Gasteiger partial charge in [0.15, 0.2) is 0 Å². The zero-order valence-corrected chi connectivity index (χ0v) is 12.0. The lowest BCUT2D eigenvalue weighted by atomic mass is 9.89. The van der Waals surface area contributed by atoms with Crippen molar-refractivity contribution in [3.05, 3.63) is 47.0 Å². The van der Waals surface area contributed by atoms with E-state index >= 15 is 0 Å². The van der Waals surface area contributed by atoms with Gasteiger partial charge in [0, 0.05) is 5.69 Å². The maximum Gasteiger partial charge on any atom is 0.148 e. The Hall–Kier alpha value is -1.68. The second kappa shape index (κ2) is 5.37. The fourth-order valence-electron chi connectivity index (χ4n) is 3.21. The largest absolute Gasteiger partial charge is 0.317 e. The van der Waals surface area contributed by atoms with Crippen molar-refractivity contribution in [2.24, 2.45) is 0 Å². The molecule has 0 aliphatic carbocycles. The number of nitrogens with one attached hydrogen (secondary N) is 1. The van der Waals surface area contributed by atoms with Crippen LogP contribution in [0.1, 0.15) is 35.7 Å². The molecule has 0 saturated carbocycles. The third-order valence-electron chi connectivity index (χ3n) is 4.18. The summed E-state index contributed by atoms with van der Waals surface area (Å²) in [6, 6.07) is 6.81. The van der Waals surface area contributed by atoms with Crippen LogP contribution in [0.5, 0.6) is 0 Å². The zero-order chi connectivity index (χ0) is 14.1. The van der Waals surface area contributed by atoms with Gasteiger partial charge >= 0.3 is 0 Å². The molecule has 2 heterocycles. The third-order valence-corrected chi connectivity index (χ3v) is 4.18. The predicted octanol–water partition coefficient (Wildman–Crippen LogP) is 3.10. The zero-order valence-electron chi connectivity index (χ0n) is 12.0. The van der Waals surface area contributed by atoms with E-state index < -0.39 is 0 Å². The van der Waals surface area contributed by atoms with Gasteiger partial charge in [-0.2, -0.15) is 5.10 Å². The SMILES string of the molecule is Cc1nn(-c2ccccc2F)c(C)c1C1CCNCC1. The topological polar surface area (TPSA) is 29.9 Å². The molecule has 1 aromatic carbocycles. The van der Waals surface area contributed by atoms with Crippen molar-refractivity contribution in [3.63, 3.8) is 0 Å². The summed E-state index contributed by atoms with van der Waals surface area (Å²) in [4.78, 5) is 0. The van der Waals surface area contributed by atoms with Gasteiger partial charge in [0.2, 0.25) is 0 Å². The number of hydrogen-bond acceptors (Lipinski definition) is 2. The molecule has 3 rings (SSSR count). The summed E-state index contributed by atoms with van der Waals surface area (Å²) in [6.07, 6.45) is 2.26. The number of nitrogens with zero attached hydrogens (tertiary/aromatic N) is 2. The van der Waals surface area contributed by atoms with Gasteiger partial charge in [-0.05, 0) is 63.4 Å². The first-order valence-electron chi connectivity index (χ1n) is 7.20. The van der Waals surface area contributed by atoms with Gasteiger partial charge in [-0.15, -0.1) is 0 Å². The van der Waals surface area contributed by atoms with Gasteiger partial charge in [0.05, 0.1) is 5.69 Å². The highest BCUT2D eigenvalue weighted by Crippen LogP contribution is 2.31.